The highest BCUT2D eigenvalue weighted by Crippen LogP contribution is 2.36. The molecule has 1 aliphatic heterocycles. The number of nitriles is 1. The highest BCUT2D eigenvalue weighted by molar-refractivity contribution is 5.92. The lowest BCUT2D eigenvalue weighted by Crippen LogP contribution is -2.25. The standard InChI is InChI=1S/C33H23F5N4O4/c34-23-8-17(13-39)4-5-19(23)14-46-31-3-1-2-26(41-31)21-12-24(35)20(9-25(21)36)11-30-40-27-7-6-18(33(43)44)10-28(27)42(30)29-16-45-15-22(29)32(37)38/h1-10,12,22,29,32H,11,14-16H2,(H,43,44)/t22-,29-/m1/s1. The molecule has 0 amide bonds. The van der Waals surface area contributed by atoms with Gasteiger partial charge in [0.2, 0.25) is 12.3 Å². The number of halogens is 5. The normalized spacial score (nSPS) is 16.2. The van der Waals surface area contributed by atoms with E-state index in [1.54, 1.807) is 0 Å². The molecule has 46 heavy (non-hydrogen) atoms. The summed E-state index contributed by atoms with van der Waals surface area (Å²) in [6.45, 7) is -0.546. The third kappa shape index (κ3) is 5.99. The minimum atomic E-state index is -2.75. The quantitative estimate of drug-likeness (QED) is 0.180. The number of fused-ring (bicyclic) bond motifs is 1. The molecule has 0 spiro atoms. The summed E-state index contributed by atoms with van der Waals surface area (Å²) in [6, 6.07) is 15.2. The summed E-state index contributed by atoms with van der Waals surface area (Å²) in [5.41, 5.74) is 0.533. The molecule has 1 fully saturated rings. The molecule has 2 aromatic heterocycles. The van der Waals surface area contributed by atoms with Gasteiger partial charge in [0.15, 0.2) is 0 Å². The number of rotatable bonds is 9. The van der Waals surface area contributed by atoms with Crippen LogP contribution in [-0.4, -0.2) is 45.3 Å². The van der Waals surface area contributed by atoms with Crippen molar-refractivity contribution in [2.75, 3.05) is 13.2 Å². The maximum absolute atomic E-state index is 15.6. The first-order chi connectivity index (χ1) is 22.1. The van der Waals surface area contributed by atoms with Gasteiger partial charge < -0.3 is 19.1 Å². The van der Waals surface area contributed by atoms with Crippen molar-refractivity contribution in [1.29, 1.82) is 5.26 Å². The van der Waals surface area contributed by atoms with Gasteiger partial charge >= 0.3 is 5.97 Å². The first-order valence-corrected chi connectivity index (χ1v) is 14.0. The summed E-state index contributed by atoms with van der Waals surface area (Å²) in [5, 5.41) is 18.4. The third-order valence-electron chi connectivity index (χ3n) is 7.80. The summed E-state index contributed by atoms with van der Waals surface area (Å²) >= 11 is 0. The van der Waals surface area contributed by atoms with Crippen LogP contribution in [0.5, 0.6) is 5.88 Å². The van der Waals surface area contributed by atoms with Crippen molar-refractivity contribution in [3.05, 3.63) is 112 Å². The second kappa shape index (κ2) is 12.6. The number of alkyl halides is 2. The Labute approximate surface area is 258 Å². The Morgan fingerprint density at radius 3 is 2.54 bits per heavy atom. The molecule has 6 rings (SSSR count). The number of hydrogen-bond donors (Lipinski definition) is 1. The second-order valence-electron chi connectivity index (χ2n) is 10.7. The topological polar surface area (TPSA) is 110 Å². The number of carboxylic acid groups (broad SMARTS) is 1. The molecule has 234 valence electrons. The Hall–Kier alpha value is -5.35. The highest BCUT2D eigenvalue weighted by atomic mass is 19.3. The SMILES string of the molecule is N#Cc1ccc(COc2cccc(-c3cc(F)c(Cc4nc5ccc(C(=O)O)cc5n4[C@@H]4COC[C@H]4C(F)F)cc3F)n2)c(F)c1. The Morgan fingerprint density at radius 2 is 1.80 bits per heavy atom. The van der Waals surface area contributed by atoms with E-state index in [0.29, 0.717) is 5.52 Å². The second-order valence-corrected chi connectivity index (χ2v) is 10.7. The minimum Gasteiger partial charge on any atom is -0.478 e. The van der Waals surface area contributed by atoms with Crippen LogP contribution in [-0.2, 0) is 17.8 Å². The summed E-state index contributed by atoms with van der Waals surface area (Å²) in [7, 11) is 0. The summed E-state index contributed by atoms with van der Waals surface area (Å²) < 4.78 is 85.5. The molecule has 1 aliphatic rings. The van der Waals surface area contributed by atoms with E-state index in [1.807, 2.05) is 6.07 Å². The van der Waals surface area contributed by atoms with E-state index >= 15 is 8.78 Å². The van der Waals surface area contributed by atoms with Gasteiger partial charge in [0.25, 0.3) is 0 Å². The molecular formula is C33H23F5N4O4. The van der Waals surface area contributed by atoms with Crippen LogP contribution in [0.1, 0.15) is 38.9 Å². The molecule has 2 atom stereocenters. The van der Waals surface area contributed by atoms with Gasteiger partial charge in [-0.1, -0.05) is 12.1 Å². The monoisotopic (exact) mass is 634 g/mol. The van der Waals surface area contributed by atoms with Crippen molar-refractivity contribution in [2.24, 2.45) is 5.92 Å². The average molecular weight is 635 g/mol. The molecule has 0 bridgehead atoms. The number of benzene rings is 3. The first kappa shape index (κ1) is 30.7. The zero-order chi connectivity index (χ0) is 32.5. The van der Waals surface area contributed by atoms with Crippen molar-refractivity contribution in [1.82, 2.24) is 14.5 Å². The zero-order valence-corrected chi connectivity index (χ0v) is 23.8. The van der Waals surface area contributed by atoms with Gasteiger partial charge in [-0.2, -0.15) is 5.26 Å². The zero-order valence-electron chi connectivity index (χ0n) is 23.8. The summed E-state index contributed by atoms with van der Waals surface area (Å²) in [4.78, 5) is 20.3. The fourth-order valence-corrected chi connectivity index (χ4v) is 5.46. The molecule has 13 heteroatoms. The van der Waals surface area contributed by atoms with Gasteiger partial charge in [-0.15, -0.1) is 0 Å². The van der Waals surface area contributed by atoms with Crippen LogP contribution in [0, 0.1) is 34.7 Å². The van der Waals surface area contributed by atoms with E-state index in [4.69, 9.17) is 14.7 Å². The Kier molecular flexibility index (Phi) is 8.38. The Morgan fingerprint density at radius 1 is 1.00 bits per heavy atom. The van der Waals surface area contributed by atoms with Gasteiger partial charge in [-0.25, -0.2) is 36.7 Å². The van der Waals surface area contributed by atoms with Crippen LogP contribution in [0.3, 0.4) is 0 Å². The smallest absolute Gasteiger partial charge is 0.335 e. The predicted molar refractivity (Wildman–Crippen MR) is 154 cm³/mol. The van der Waals surface area contributed by atoms with Crippen LogP contribution in [0.4, 0.5) is 22.0 Å². The van der Waals surface area contributed by atoms with E-state index in [9.17, 15) is 23.1 Å². The third-order valence-corrected chi connectivity index (χ3v) is 7.80. The molecule has 0 unspecified atom stereocenters. The Bertz CT molecular complexity index is 2010. The van der Waals surface area contributed by atoms with Gasteiger partial charge in [0.1, 0.15) is 29.9 Å². The number of aromatic carboxylic acids is 1. The molecule has 3 heterocycles. The summed E-state index contributed by atoms with van der Waals surface area (Å²) in [6.07, 6.45) is -3.04. The average Bonchev–Trinajstić information content (AvgIpc) is 3.66. The molecule has 1 N–H and O–H groups in total. The van der Waals surface area contributed by atoms with Crippen molar-refractivity contribution < 1.29 is 41.3 Å². The van der Waals surface area contributed by atoms with Gasteiger partial charge in [-0.3, -0.25) is 0 Å². The van der Waals surface area contributed by atoms with Crippen LogP contribution in [0.15, 0.2) is 66.7 Å². The molecule has 3 aromatic carbocycles. The number of hydrogen-bond acceptors (Lipinski definition) is 6. The van der Waals surface area contributed by atoms with Crippen LogP contribution < -0.4 is 4.74 Å². The fourth-order valence-electron chi connectivity index (χ4n) is 5.46. The summed E-state index contributed by atoms with van der Waals surface area (Å²) in [5.74, 6) is -4.58. The lowest BCUT2D eigenvalue weighted by atomic mass is 10.0. The van der Waals surface area contributed by atoms with Crippen LogP contribution in [0.2, 0.25) is 0 Å². The number of carbonyl (C=O) groups is 1. The molecule has 0 aliphatic carbocycles. The fraction of sp³-hybridized carbons (Fsp3) is 0.212. The van der Waals surface area contributed by atoms with Crippen molar-refractivity contribution in [2.45, 2.75) is 25.5 Å². The van der Waals surface area contributed by atoms with Gasteiger partial charge in [-0.05, 0) is 54.1 Å². The van der Waals surface area contributed by atoms with Crippen LogP contribution >= 0.6 is 0 Å². The van der Waals surface area contributed by atoms with Gasteiger partial charge in [0.05, 0.1) is 59.1 Å². The number of nitrogens with zero attached hydrogens (tertiary/aromatic N) is 4. The molecule has 0 saturated carbocycles. The molecule has 0 radical (unpaired) electrons. The first-order valence-electron chi connectivity index (χ1n) is 14.0. The largest absolute Gasteiger partial charge is 0.478 e. The van der Waals surface area contributed by atoms with E-state index in [2.05, 4.69) is 9.97 Å². The van der Waals surface area contributed by atoms with Gasteiger partial charge in [0, 0.05) is 23.6 Å². The molecule has 1 saturated heterocycles. The lowest BCUT2D eigenvalue weighted by molar-refractivity contribution is 0.0555. The van der Waals surface area contributed by atoms with Crippen LogP contribution in [0.25, 0.3) is 22.3 Å². The Balaban J connectivity index is 1.30. The predicted octanol–water partition coefficient (Wildman–Crippen LogP) is 6.71. The number of ether oxygens (including phenoxy) is 2. The number of pyridine rings is 1. The lowest BCUT2D eigenvalue weighted by Gasteiger charge is -2.22. The maximum atomic E-state index is 15.6. The van der Waals surface area contributed by atoms with E-state index in [1.165, 1.54) is 53.1 Å². The molecule has 5 aromatic rings. The molecule has 8 nitrogen and oxygen atoms in total. The number of aromatic nitrogens is 3. The van der Waals surface area contributed by atoms with Crippen molar-refractivity contribution in [3.63, 3.8) is 0 Å². The van der Waals surface area contributed by atoms with E-state index in [0.717, 1.165) is 18.2 Å². The highest BCUT2D eigenvalue weighted by Gasteiger charge is 2.38. The van der Waals surface area contributed by atoms with Crippen molar-refractivity contribution >= 4 is 17.0 Å². The van der Waals surface area contributed by atoms with E-state index in [-0.39, 0.29) is 77.0 Å². The van der Waals surface area contributed by atoms with Crippen molar-refractivity contribution in [3.8, 4) is 23.2 Å². The molecular weight excluding hydrogens is 611 g/mol. The minimum absolute atomic E-state index is 0.0203. The van der Waals surface area contributed by atoms with E-state index < -0.39 is 41.8 Å². The maximum Gasteiger partial charge on any atom is 0.335 e. The number of carboxylic acids is 1. The number of imidazole rings is 1.